The molecule has 1 aromatic heterocycles. The number of halogens is 2. The fourth-order valence-electron chi connectivity index (χ4n) is 1.74. The van der Waals surface area contributed by atoms with Crippen molar-refractivity contribution >= 4 is 23.2 Å². The number of nitrogens with zero attached hydrogens (tertiary/aromatic N) is 1. The van der Waals surface area contributed by atoms with Crippen molar-refractivity contribution in [1.82, 2.24) is 5.16 Å². The summed E-state index contributed by atoms with van der Waals surface area (Å²) in [5, 5.41) is 4.92. The van der Waals surface area contributed by atoms with Crippen molar-refractivity contribution in [3.63, 3.8) is 0 Å². The van der Waals surface area contributed by atoms with Crippen molar-refractivity contribution in [2.45, 2.75) is 0 Å². The van der Waals surface area contributed by atoms with Gasteiger partial charge in [-0.3, -0.25) is 0 Å². The second-order valence-corrected chi connectivity index (χ2v) is 4.93. The molecule has 3 nitrogen and oxygen atoms in total. The Morgan fingerprint density at radius 2 is 1.75 bits per heavy atom. The Morgan fingerprint density at radius 1 is 0.950 bits per heavy atom. The van der Waals surface area contributed by atoms with Gasteiger partial charge in [0.15, 0.2) is 0 Å². The van der Waals surface area contributed by atoms with E-state index in [1.165, 1.54) is 6.26 Å². The highest BCUT2D eigenvalue weighted by molar-refractivity contribution is 6.35. The summed E-state index contributed by atoms with van der Waals surface area (Å²) in [6.45, 7) is 0. The van der Waals surface area contributed by atoms with Crippen molar-refractivity contribution in [2.24, 2.45) is 0 Å². The maximum absolute atomic E-state index is 6.06. The topological polar surface area (TPSA) is 35.3 Å². The fraction of sp³-hybridized carbons (Fsp3) is 0. The summed E-state index contributed by atoms with van der Waals surface area (Å²) in [5.41, 5.74) is 1.73. The van der Waals surface area contributed by atoms with Crippen LogP contribution >= 0.6 is 23.2 Å². The molecular weight excluding hydrogens is 297 g/mol. The molecule has 0 saturated carbocycles. The Morgan fingerprint density at radius 3 is 2.40 bits per heavy atom. The Hall–Kier alpha value is -1.97. The van der Waals surface area contributed by atoms with Crippen LogP contribution in [0.3, 0.4) is 0 Å². The molecule has 0 aliphatic carbocycles. The minimum absolute atomic E-state index is 0.470. The number of ether oxygens (including phenoxy) is 1. The number of rotatable bonds is 3. The lowest BCUT2D eigenvalue weighted by Gasteiger charge is -2.08. The van der Waals surface area contributed by atoms with Crippen molar-refractivity contribution < 1.29 is 9.26 Å². The van der Waals surface area contributed by atoms with Gasteiger partial charge in [-0.05, 0) is 42.5 Å². The van der Waals surface area contributed by atoms with Gasteiger partial charge in [-0.25, -0.2) is 0 Å². The standard InChI is InChI=1S/C15H9Cl2NO2/c16-11-3-6-15(13(17)9-11)20-12-4-1-10(2-5-12)14-7-8-19-18-14/h1-9H. The molecule has 2 aromatic carbocycles. The van der Waals surface area contributed by atoms with Gasteiger partial charge in [0.1, 0.15) is 23.5 Å². The van der Waals surface area contributed by atoms with Crippen LogP contribution in [0.4, 0.5) is 0 Å². The third kappa shape index (κ3) is 2.79. The van der Waals surface area contributed by atoms with Crippen molar-refractivity contribution in [1.29, 1.82) is 0 Å². The number of benzene rings is 2. The Balaban J connectivity index is 1.81. The van der Waals surface area contributed by atoms with Crippen LogP contribution in [0.25, 0.3) is 11.3 Å². The zero-order valence-electron chi connectivity index (χ0n) is 10.2. The maximum Gasteiger partial charge on any atom is 0.146 e. The van der Waals surface area contributed by atoms with E-state index < -0.39 is 0 Å². The highest BCUT2D eigenvalue weighted by Gasteiger charge is 2.05. The normalized spacial score (nSPS) is 10.5. The molecule has 0 radical (unpaired) electrons. The van der Waals surface area contributed by atoms with Crippen LogP contribution in [0.5, 0.6) is 11.5 Å². The highest BCUT2D eigenvalue weighted by atomic mass is 35.5. The first kappa shape index (κ1) is 13.0. The molecule has 1 heterocycles. The van der Waals surface area contributed by atoms with Crippen LogP contribution in [-0.2, 0) is 0 Å². The average Bonchev–Trinajstić information content (AvgIpc) is 2.97. The molecular formula is C15H9Cl2NO2. The molecule has 0 bridgehead atoms. The molecule has 5 heteroatoms. The van der Waals surface area contributed by atoms with Gasteiger partial charge in [-0.2, -0.15) is 0 Å². The maximum atomic E-state index is 6.06. The molecule has 0 atom stereocenters. The highest BCUT2D eigenvalue weighted by Crippen LogP contribution is 2.32. The van der Waals surface area contributed by atoms with Gasteiger partial charge in [0.2, 0.25) is 0 Å². The van der Waals surface area contributed by atoms with Crippen LogP contribution in [0.1, 0.15) is 0 Å². The lowest BCUT2D eigenvalue weighted by molar-refractivity contribution is 0.422. The zero-order chi connectivity index (χ0) is 13.9. The molecule has 0 saturated heterocycles. The molecule has 0 spiro atoms. The number of aromatic nitrogens is 1. The van der Waals surface area contributed by atoms with Crippen LogP contribution in [-0.4, -0.2) is 5.16 Å². The molecule has 0 fully saturated rings. The van der Waals surface area contributed by atoms with Gasteiger partial charge < -0.3 is 9.26 Å². The second kappa shape index (κ2) is 5.57. The third-order valence-corrected chi connectivity index (χ3v) is 3.24. The minimum Gasteiger partial charge on any atom is -0.456 e. The van der Waals surface area contributed by atoms with Crippen molar-refractivity contribution in [3.05, 3.63) is 64.8 Å². The van der Waals surface area contributed by atoms with E-state index in [1.807, 2.05) is 24.3 Å². The summed E-state index contributed by atoms with van der Waals surface area (Å²) in [7, 11) is 0. The summed E-state index contributed by atoms with van der Waals surface area (Å²) >= 11 is 11.9. The van der Waals surface area contributed by atoms with Crippen LogP contribution < -0.4 is 4.74 Å². The summed E-state index contributed by atoms with van der Waals surface area (Å²) in [6.07, 6.45) is 1.53. The summed E-state index contributed by atoms with van der Waals surface area (Å²) in [6, 6.07) is 14.4. The van der Waals surface area contributed by atoms with Gasteiger partial charge in [0.25, 0.3) is 0 Å². The van der Waals surface area contributed by atoms with Gasteiger partial charge in [-0.1, -0.05) is 28.4 Å². The van der Waals surface area contributed by atoms with Crippen LogP contribution in [0.15, 0.2) is 59.3 Å². The van der Waals surface area contributed by atoms with E-state index in [0.29, 0.717) is 21.5 Å². The van der Waals surface area contributed by atoms with E-state index in [-0.39, 0.29) is 0 Å². The van der Waals surface area contributed by atoms with E-state index in [1.54, 1.807) is 24.3 Å². The van der Waals surface area contributed by atoms with E-state index in [2.05, 4.69) is 5.16 Å². The third-order valence-electron chi connectivity index (χ3n) is 2.71. The second-order valence-electron chi connectivity index (χ2n) is 4.09. The van der Waals surface area contributed by atoms with E-state index in [9.17, 15) is 0 Å². The lowest BCUT2D eigenvalue weighted by atomic mass is 10.1. The number of hydrogen-bond donors (Lipinski definition) is 0. The van der Waals surface area contributed by atoms with Crippen molar-refractivity contribution in [2.75, 3.05) is 0 Å². The minimum atomic E-state index is 0.470. The summed E-state index contributed by atoms with van der Waals surface area (Å²) < 4.78 is 10.5. The predicted octanol–water partition coefficient (Wildman–Crippen LogP) is 5.44. The molecule has 3 rings (SSSR count). The lowest BCUT2D eigenvalue weighted by Crippen LogP contribution is -1.85. The smallest absolute Gasteiger partial charge is 0.146 e. The predicted molar refractivity (Wildman–Crippen MR) is 78.5 cm³/mol. The molecule has 0 N–H and O–H groups in total. The monoisotopic (exact) mass is 305 g/mol. The van der Waals surface area contributed by atoms with E-state index >= 15 is 0 Å². The Kier molecular flexibility index (Phi) is 3.63. The molecule has 100 valence electrons. The molecule has 20 heavy (non-hydrogen) atoms. The van der Waals surface area contributed by atoms with Gasteiger partial charge >= 0.3 is 0 Å². The summed E-state index contributed by atoms with van der Waals surface area (Å²) in [4.78, 5) is 0. The molecule has 0 aliphatic heterocycles. The molecule has 0 unspecified atom stereocenters. The first-order valence-corrected chi connectivity index (χ1v) is 6.62. The number of hydrogen-bond acceptors (Lipinski definition) is 3. The average molecular weight is 306 g/mol. The molecule has 0 aliphatic rings. The quantitative estimate of drug-likeness (QED) is 0.646. The largest absolute Gasteiger partial charge is 0.456 e. The zero-order valence-corrected chi connectivity index (χ0v) is 11.7. The van der Waals surface area contributed by atoms with Gasteiger partial charge in [-0.15, -0.1) is 0 Å². The molecule has 3 aromatic rings. The van der Waals surface area contributed by atoms with Gasteiger partial charge in [0, 0.05) is 16.7 Å². The van der Waals surface area contributed by atoms with Crippen molar-refractivity contribution in [3.8, 4) is 22.8 Å². The van der Waals surface area contributed by atoms with Crippen LogP contribution in [0.2, 0.25) is 10.0 Å². The Labute approximate surface area is 125 Å². The summed E-state index contributed by atoms with van der Waals surface area (Å²) in [5.74, 6) is 1.24. The Bertz CT molecular complexity index is 709. The van der Waals surface area contributed by atoms with Gasteiger partial charge in [0.05, 0.1) is 5.02 Å². The fourth-order valence-corrected chi connectivity index (χ4v) is 2.19. The first-order chi connectivity index (χ1) is 9.72. The molecule has 0 amide bonds. The van der Waals surface area contributed by atoms with Crippen LogP contribution in [0, 0.1) is 0 Å². The SMILES string of the molecule is Clc1ccc(Oc2ccc(-c3ccon3)cc2)c(Cl)c1. The van der Waals surface area contributed by atoms with E-state index in [0.717, 1.165) is 11.3 Å². The van der Waals surface area contributed by atoms with E-state index in [4.69, 9.17) is 32.5 Å². The first-order valence-electron chi connectivity index (χ1n) is 5.86.